The van der Waals surface area contributed by atoms with Crippen LogP contribution in [0.15, 0.2) is 24.3 Å². The van der Waals surface area contributed by atoms with Gasteiger partial charge in [-0.3, -0.25) is 9.59 Å². The highest BCUT2D eigenvalue weighted by molar-refractivity contribution is 6.20. The second-order valence-corrected chi connectivity index (χ2v) is 9.29. The van der Waals surface area contributed by atoms with E-state index >= 15 is 0 Å². The topological polar surface area (TPSA) is 93.2 Å². The summed E-state index contributed by atoms with van der Waals surface area (Å²) in [6.07, 6.45) is 2.62. The molecule has 2 fully saturated rings. The molecule has 8 nitrogen and oxygen atoms in total. The van der Waals surface area contributed by atoms with E-state index in [2.05, 4.69) is 0 Å². The summed E-state index contributed by atoms with van der Waals surface area (Å²) in [6, 6.07) is 6.37. The molecule has 30 heavy (non-hydrogen) atoms. The average molecular weight is 414 g/mol. The molecule has 4 rings (SSSR count). The van der Waals surface area contributed by atoms with Gasteiger partial charge in [-0.25, -0.2) is 9.59 Å². The standard InChI is InChI=1S/C22H26N2O6/c1-21(2,3)29-20(28)23-12-14-8-6-7-11-22(14,13-23)19(27)30-24-17(25)15-9-4-5-10-16(15)18(24)26/h4-5,9-10,14H,6-8,11-13H2,1-3H3/t14-,22-/m0/s1. The van der Waals surface area contributed by atoms with Crippen LogP contribution in [0.3, 0.4) is 0 Å². The van der Waals surface area contributed by atoms with Crippen LogP contribution in [0.1, 0.15) is 67.2 Å². The highest BCUT2D eigenvalue weighted by Crippen LogP contribution is 2.48. The monoisotopic (exact) mass is 414 g/mol. The van der Waals surface area contributed by atoms with Gasteiger partial charge in [-0.2, -0.15) is 0 Å². The number of imide groups is 1. The third-order valence-electron chi connectivity index (χ3n) is 6.11. The van der Waals surface area contributed by atoms with Crippen molar-refractivity contribution in [2.45, 2.75) is 52.1 Å². The SMILES string of the molecule is CC(C)(C)OC(=O)N1C[C@@H]2CCCC[C@]2(C(=O)ON2C(=O)c3ccccc3C2=O)C1. The number of carbonyl (C=O) groups is 4. The third kappa shape index (κ3) is 3.34. The maximum Gasteiger partial charge on any atom is 0.410 e. The predicted molar refractivity (Wildman–Crippen MR) is 105 cm³/mol. The van der Waals surface area contributed by atoms with Crippen molar-refractivity contribution in [2.24, 2.45) is 11.3 Å². The van der Waals surface area contributed by atoms with E-state index in [0.29, 0.717) is 18.0 Å². The normalized spacial score (nSPS) is 25.8. The Morgan fingerprint density at radius 1 is 1.07 bits per heavy atom. The maximum atomic E-state index is 13.3. The van der Waals surface area contributed by atoms with Crippen LogP contribution in [-0.2, 0) is 14.4 Å². The van der Waals surface area contributed by atoms with Gasteiger partial charge in [0.25, 0.3) is 11.8 Å². The Kier molecular flexibility index (Phi) is 4.83. The quantitative estimate of drug-likeness (QED) is 0.690. The first kappa shape index (κ1) is 20.4. The van der Waals surface area contributed by atoms with Gasteiger partial charge in [-0.1, -0.05) is 30.0 Å². The van der Waals surface area contributed by atoms with E-state index in [4.69, 9.17) is 9.57 Å². The second kappa shape index (κ2) is 7.11. The van der Waals surface area contributed by atoms with Crippen LogP contribution >= 0.6 is 0 Å². The van der Waals surface area contributed by atoms with Crippen LogP contribution in [0, 0.1) is 11.3 Å². The van der Waals surface area contributed by atoms with E-state index in [-0.39, 0.29) is 23.6 Å². The Bertz CT molecular complexity index is 885. The number of rotatable bonds is 2. The second-order valence-electron chi connectivity index (χ2n) is 9.29. The van der Waals surface area contributed by atoms with Gasteiger partial charge in [0.05, 0.1) is 16.5 Å². The molecule has 3 amide bonds. The number of benzene rings is 1. The zero-order chi connectivity index (χ0) is 21.7. The fraction of sp³-hybridized carbons (Fsp3) is 0.545. The molecule has 2 aliphatic heterocycles. The Balaban J connectivity index is 1.54. The molecule has 1 aromatic carbocycles. The summed E-state index contributed by atoms with van der Waals surface area (Å²) in [5.41, 5.74) is -1.15. The lowest BCUT2D eigenvalue weighted by atomic mass is 9.68. The van der Waals surface area contributed by atoms with Crippen molar-refractivity contribution < 1.29 is 28.8 Å². The number of amides is 3. The molecular weight excluding hydrogens is 388 g/mol. The summed E-state index contributed by atoms with van der Waals surface area (Å²) in [7, 11) is 0. The number of ether oxygens (including phenoxy) is 1. The fourth-order valence-electron chi connectivity index (χ4n) is 4.68. The van der Waals surface area contributed by atoms with E-state index in [1.165, 1.54) is 12.1 Å². The van der Waals surface area contributed by atoms with Crippen molar-refractivity contribution in [3.63, 3.8) is 0 Å². The summed E-state index contributed by atoms with van der Waals surface area (Å²) in [6.45, 7) is 5.93. The molecule has 2 heterocycles. The fourth-order valence-corrected chi connectivity index (χ4v) is 4.68. The molecule has 2 atom stereocenters. The molecule has 1 aliphatic carbocycles. The van der Waals surface area contributed by atoms with E-state index in [9.17, 15) is 19.2 Å². The van der Waals surface area contributed by atoms with Crippen molar-refractivity contribution in [3.8, 4) is 0 Å². The minimum atomic E-state index is -0.940. The van der Waals surface area contributed by atoms with Gasteiger partial charge in [0.2, 0.25) is 0 Å². The minimum absolute atomic E-state index is 0.0959. The summed E-state index contributed by atoms with van der Waals surface area (Å²) < 4.78 is 5.48. The van der Waals surface area contributed by atoms with Crippen molar-refractivity contribution in [3.05, 3.63) is 35.4 Å². The van der Waals surface area contributed by atoms with Crippen LogP contribution in [0.5, 0.6) is 0 Å². The van der Waals surface area contributed by atoms with E-state index in [1.54, 1.807) is 37.8 Å². The van der Waals surface area contributed by atoms with Crippen LogP contribution in [-0.4, -0.2) is 52.5 Å². The highest BCUT2D eigenvalue weighted by atomic mass is 16.7. The summed E-state index contributed by atoms with van der Waals surface area (Å²) in [5, 5.41) is 0.559. The van der Waals surface area contributed by atoms with Crippen molar-refractivity contribution >= 4 is 23.9 Å². The van der Waals surface area contributed by atoms with Crippen molar-refractivity contribution in [2.75, 3.05) is 13.1 Å². The van der Waals surface area contributed by atoms with E-state index in [0.717, 1.165) is 19.3 Å². The summed E-state index contributed by atoms with van der Waals surface area (Å²) in [4.78, 5) is 58.0. The molecule has 1 saturated heterocycles. The molecule has 0 N–H and O–H groups in total. The molecule has 0 radical (unpaired) electrons. The first-order valence-electron chi connectivity index (χ1n) is 10.3. The lowest BCUT2D eigenvalue weighted by Gasteiger charge is -2.36. The number of carbonyl (C=O) groups excluding carboxylic acids is 4. The zero-order valence-corrected chi connectivity index (χ0v) is 17.5. The lowest BCUT2D eigenvalue weighted by Crippen LogP contribution is -2.46. The summed E-state index contributed by atoms with van der Waals surface area (Å²) in [5.74, 6) is -2.02. The number of hydrogen-bond acceptors (Lipinski definition) is 6. The molecule has 8 heteroatoms. The van der Waals surface area contributed by atoms with E-state index < -0.39 is 34.9 Å². The van der Waals surface area contributed by atoms with Gasteiger partial charge in [-0.15, -0.1) is 0 Å². The van der Waals surface area contributed by atoms with Gasteiger partial charge < -0.3 is 14.5 Å². The van der Waals surface area contributed by atoms with Gasteiger partial charge in [-0.05, 0) is 51.7 Å². The number of fused-ring (bicyclic) bond motifs is 2. The van der Waals surface area contributed by atoms with Gasteiger partial charge >= 0.3 is 12.1 Å². The van der Waals surface area contributed by atoms with Gasteiger partial charge in [0.1, 0.15) is 5.60 Å². The Morgan fingerprint density at radius 3 is 2.30 bits per heavy atom. The molecule has 0 bridgehead atoms. The van der Waals surface area contributed by atoms with Crippen LogP contribution in [0.4, 0.5) is 4.79 Å². The third-order valence-corrected chi connectivity index (χ3v) is 6.11. The summed E-state index contributed by atoms with van der Waals surface area (Å²) >= 11 is 0. The Morgan fingerprint density at radius 2 is 1.70 bits per heavy atom. The number of likely N-dealkylation sites (tertiary alicyclic amines) is 1. The predicted octanol–water partition coefficient (Wildman–Crippen LogP) is 3.17. The molecular formula is C22H26N2O6. The van der Waals surface area contributed by atoms with Crippen LogP contribution < -0.4 is 0 Å². The largest absolute Gasteiger partial charge is 0.444 e. The van der Waals surface area contributed by atoms with Crippen LogP contribution in [0.2, 0.25) is 0 Å². The van der Waals surface area contributed by atoms with Crippen LogP contribution in [0.25, 0.3) is 0 Å². The molecule has 3 aliphatic rings. The zero-order valence-electron chi connectivity index (χ0n) is 17.5. The molecule has 0 aromatic heterocycles. The lowest BCUT2D eigenvalue weighted by molar-refractivity contribution is -0.185. The van der Waals surface area contributed by atoms with Crippen molar-refractivity contribution in [1.29, 1.82) is 0 Å². The van der Waals surface area contributed by atoms with Gasteiger partial charge in [0.15, 0.2) is 0 Å². The minimum Gasteiger partial charge on any atom is -0.444 e. The van der Waals surface area contributed by atoms with Crippen molar-refractivity contribution in [1.82, 2.24) is 9.96 Å². The average Bonchev–Trinajstić information content (AvgIpc) is 3.20. The van der Waals surface area contributed by atoms with E-state index in [1.807, 2.05) is 0 Å². The molecule has 0 spiro atoms. The number of nitrogens with zero attached hydrogens (tertiary/aromatic N) is 2. The molecule has 0 unspecified atom stereocenters. The maximum absolute atomic E-state index is 13.3. The molecule has 1 aromatic rings. The number of hydrogen-bond donors (Lipinski definition) is 0. The molecule has 1 saturated carbocycles. The smallest absolute Gasteiger partial charge is 0.410 e. The van der Waals surface area contributed by atoms with Gasteiger partial charge in [0, 0.05) is 13.1 Å². The molecule has 160 valence electrons. The number of hydroxylamine groups is 2. The first-order chi connectivity index (χ1) is 14.1. The Hall–Kier alpha value is -2.90. The highest BCUT2D eigenvalue weighted by Gasteiger charge is 2.57. The first-order valence-corrected chi connectivity index (χ1v) is 10.3. The Labute approximate surface area is 175 Å².